The van der Waals surface area contributed by atoms with Crippen LogP contribution in [0.3, 0.4) is 0 Å². The van der Waals surface area contributed by atoms with Crippen molar-refractivity contribution in [3.8, 4) is 5.75 Å². The molecule has 0 atom stereocenters. The molecule has 1 aromatic rings. The maximum Gasteiger partial charge on any atom is 0.141 e. The minimum absolute atomic E-state index is 0.116. The second kappa shape index (κ2) is 6.42. The molecule has 0 spiro atoms. The summed E-state index contributed by atoms with van der Waals surface area (Å²) in [6.45, 7) is 3.57. The van der Waals surface area contributed by atoms with E-state index < -0.39 is 0 Å². The molecule has 0 aliphatic carbocycles. The van der Waals surface area contributed by atoms with Gasteiger partial charge >= 0.3 is 0 Å². The van der Waals surface area contributed by atoms with Crippen LogP contribution in [0.4, 0.5) is 0 Å². The van der Waals surface area contributed by atoms with E-state index >= 15 is 0 Å². The van der Waals surface area contributed by atoms with Crippen LogP contribution in [0.2, 0.25) is 0 Å². The fourth-order valence-corrected chi connectivity index (χ4v) is 1.46. The van der Waals surface area contributed by atoms with Crippen LogP contribution in [0.5, 0.6) is 5.75 Å². The molecule has 5 nitrogen and oxygen atoms in total. The molecule has 1 heterocycles. The Morgan fingerprint density at radius 2 is 2.25 bits per heavy atom. The van der Waals surface area contributed by atoms with E-state index in [-0.39, 0.29) is 12.4 Å². The smallest absolute Gasteiger partial charge is 0.141 e. The van der Waals surface area contributed by atoms with Gasteiger partial charge in [0.25, 0.3) is 0 Å². The molecule has 0 bridgehead atoms. The van der Waals surface area contributed by atoms with E-state index in [1.807, 2.05) is 0 Å². The van der Waals surface area contributed by atoms with Crippen LogP contribution in [0, 0.1) is 6.92 Å². The Bertz CT molecular complexity index is 342. The third-order valence-electron chi connectivity index (χ3n) is 2.46. The Balaban J connectivity index is 2.72. The van der Waals surface area contributed by atoms with Crippen molar-refractivity contribution < 1.29 is 10.2 Å². The molecule has 0 aliphatic rings. The Morgan fingerprint density at radius 3 is 2.88 bits per heavy atom. The van der Waals surface area contributed by atoms with Crippen molar-refractivity contribution >= 4 is 0 Å². The quantitative estimate of drug-likeness (QED) is 0.513. The van der Waals surface area contributed by atoms with Crippen LogP contribution in [-0.2, 0) is 13.2 Å². The SMILES string of the molecule is Cc1ncc(CO)c(CNCCCN)c1O. The van der Waals surface area contributed by atoms with Gasteiger partial charge in [-0.05, 0) is 26.4 Å². The number of aromatic hydroxyl groups is 1. The summed E-state index contributed by atoms with van der Waals surface area (Å²) >= 11 is 0. The fourth-order valence-electron chi connectivity index (χ4n) is 1.46. The molecule has 5 heteroatoms. The molecule has 1 rings (SSSR count). The summed E-state index contributed by atoms with van der Waals surface area (Å²) in [5.41, 5.74) is 7.33. The average molecular weight is 225 g/mol. The third kappa shape index (κ3) is 3.16. The third-order valence-corrected chi connectivity index (χ3v) is 2.46. The molecule has 16 heavy (non-hydrogen) atoms. The van der Waals surface area contributed by atoms with Crippen molar-refractivity contribution in [3.63, 3.8) is 0 Å². The van der Waals surface area contributed by atoms with E-state index in [9.17, 15) is 5.11 Å². The fraction of sp³-hybridized carbons (Fsp3) is 0.545. The van der Waals surface area contributed by atoms with Crippen LogP contribution in [0.25, 0.3) is 0 Å². The van der Waals surface area contributed by atoms with E-state index in [2.05, 4.69) is 10.3 Å². The minimum atomic E-state index is -0.116. The van der Waals surface area contributed by atoms with Gasteiger partial charge in [-0.3, -0.25) is 4.98 Å². The standard InChI is InChI=1S/C11H19N3O2/c1-8-11(16)10(6-13-4-2-3-12)9(7-15)5-14-8/h5,13,15-16H,2-4,6-7,12H2,1H3. The highest BCUT2D eigenvalue weighted by Gasteiger charge is 2.10. The summed E-state index contributed by atoms with van der Waals surface area (Å²) in [5, 5.41) is 22.1. The lowest BCUT2D eigenvalue weighted by atomic mass is 10.1. The van der Waals surface area contributed by atoms with Crippen molar-refractivity contribution in [2.75, 3.05) is 13.1 Å². The molecule has 0 saturated heterocycles. The molecule has 0 unspecified atom stereocenters. The number of nitrogens with two attached hydrogens (primary N) is 1. The summed E-state index contributed by atoms with van der Waals surface area (Å²) in [4.78, 5) is 4.00. The molecule has 0 saturated carbocycles. The summed E-state index contributed by atoms with van der Waals surface area (Å²) in [7, 11) is 0. The van der Waals surface area contributed by atoms with Crippen LogP contribution >= 0.6 is 0 Å². The first-order valence-corrected chi connectivity index (χ1v) is 5.38. The van der Waals surface area contributed by atoms with Crippen molar-refractivity contribution in [1.82, 2.24) is 10.3 Å². The Hall–Kier alpha value is -1.17. The normalized spacial score (nSPS) is 10.7. The maximum atomic E-state index is 9.83. The van der Waals surface area contributed by atoms with E-state index in [1.54, 1.807) is 13.1 Å². The number of hydrogen-bond acceptors (Lipinski definition) is 5. The van der Waals surface area contributed by atoms with Crippen LogP contribution in [0.1, 0.15) is 23.2 Å². The monoisotopic (exact) mass is 225 g/mol. The number of aliphatic hydroxyl groups excluding tert-OH is 1. The lowest BCUT2D eigenvalue weighted by Crippen LogP contribution is -2.19. The minimum Gasteiger partial charge on any atom is -0.506 e. The Kier molecular flexibility index (Phi) is 5.18. The van der Waals surface area contributed by atoms with E-state index in [4.69, 9.17) is 10.8 Å². The van der Waals surface area contributed by atoms with Gasteiger partial charge in [-0.25, -0.2) is 0 Å². The predicted octanol–water partition coefficient (Wildman–Crippen LogP) is 0.0263. The first-order valence-electron chi connectivity index (χ1n) is 5.38. The van der Waals surface area contributed by atoms with Crippen molar-refractivity contribution in [1.29, 1.82) is 0 Å². The summed E-state index contributed by atoms with van der Waals surface area (Å²) in [6, 6.07) is 0. The van der Waals surface area contributed by atoms with Gasteiger partial charge in [-0.1, -0.05) is 0 Å². The van der Waals surface area contributed by atoms with Gasteiger partial charge < -0.3 is 21.3 Å². The zero-order valence-electron chi connectivity index (χ0n) is 9.53. The molecular weight excluding hydrogens is 206 g/mol. The highest BCUT2D eigenvalue weighted by Crippen LogP contribution is 2.23. The molecule has 90 valence electrons. The number of aromatic nitrogens is 1. The topological polar surface area (TPSA) is 91.4 Å². The van der Waals surface area contributed by atoms with Gasteiger partial charge in [0, 0.05) is 23.9 Å². The van der Waals surface area contributed by atoms with Gasteiger partial charge in [0.2, 0.25) is 0 Å². The Labute approximate surface area is 95.3 Å². The van der Waals surface area contributed by atoms with Crippen LogP contribution in [-0.4, -0.2) is 28.3 Å². The summed E-state index contributed by atoms with van der Waals surface area (Å²) in [5.74, 6) is 0.159. The molecular formula is C11H19N3O2. The number of aliphatic hydroxyl groups is 1. The average Bonchev–Trinajstić information content (AvgIpc) is 2.30. The molecule has 0 amide bonds. The van der Waals surface area contributed by atoms with Crippen molar-refractivity contribution in [2.24, 2.45) is 5.73 Å². The number of aryl methyl sites for hydroxylation is 1. The Morgan fingerprint density at radius 1 is 1.50 bits per heavy atom. The van der Waals surface area contributed by atoms with Gasteiger partial charge in [-0.2, -0.15) is 0 Å². The highest BCUT2D eigenvalue weighted by atomic mass is 16.3. The second-order valence-electron chi connectivity index (χ2n) is 3.67. The van der Waals surface area contributed by atoms with Gasteiger partial charge in [-0.15, -0.1) is 0 Å². The molecule has 0 aliphatic heterocycles. The number of rotatable bonds is 6. The van der Waals surface area contributed by atoms with Gasteiger partial charge in [0.05, 0.1) is 12.3 Å². The second-order valence-corrected chi connectivity index (χ2v) is 3.67. The number of hydrogen-bond donors (Lipinski definition) is 4. The first-order chi connectivity index (χ1) is 7.70. The van der Waals surface area contributed by atoms with E-state index in [0.29, 0.717) is 29.9 Å². The number of nitrogens with zero attached hydrogens (tertiary/aromatic N) is 1. The zero-order valence-corrected chi connectivity index (χ0v) is 9.53. The van der Waals surface area contributed by atoms with Gasteiger partial charge in [0.15, 0.2) is 0 Å². The summed E-state index contributed by atoms with van der Waals surface area (Å²) < 4.78 is 0. The summed E-state index contributed by atoms with van der Waals surface area (Å²) in [6.07, 6.45) is 2.48. The largest absolute Gasteiger partial charge is 0.506 e. The molecule has 5 N–H and O–H groups in total. The molecule has 0 aromatic carbocycles. The van der Waals surface area contributed by atoms with Crippen LogP contribution in [0.15, 0.2) is 6.20 Å². The van der Waals surface area contributed by atoms with Crippen molar-refractivity contribution in [2.45, 2.75) is 26.5 Å². The van der Waals surface area contributed by atoms with E-state index in [1.165, 1.54) is 0 Å². The number of pyridine rings is 1. The lowest BCUT2D eigenvalue weighted by Gasteiger charge is -2.12. The number of nitrogens with one attached hydrogen (secondary N) is 1. The maximum absolute atomic E-state index is 9.83. The van der Waals surface area contributed by atoms with Crippen molar-refractivity contribution in [3.05, 3.63) is 23.0 Å². The zero-order chi connectivity index (χ0) is 12.0. The highest BCUT2D eigenvalue weighted by molar-refractivity contribution is 5.40. The van der Waals surface area contributed by atoms with E-state index in [0.717, 1.165) is 13.0 Å². The lowest BCUT2D eigenvalue weighted by molar-refractivity contribution is 0.278. The molecule has 0 fully saturated rings. The molecule has 0 radical (unpaired) electrons. The van der Waals surface area contributed by atoms with Crippen LogP contribution < -0.4 is 11.1 Å². The molecule has 1 aromatic heterocycles. The van der Waals surface area contributed by atoms with Gasteiger partial charge in [0.1, 0.15) is 5.75 Å². The predicted molar refractivity (Wildman–Crippen MR) is 61.9 cm³/mol. The first kappa shape index (κ1) is 12.9.